The number of carbonyl (C=O) groups excluding carboxylic acids is 1. The van der Waals surface area contributed by atoms with Crippen molar-refractivity contribution in [3.8, 4) is 0 Å². The fraction of sp³-hybridized carbons (Fsp3) is 0.0526. The molecule has 0 aliphatic carbocycles. The number of carbonyl (C=O) groups is 2. The van der Waals surface area contributed by atoms with Crippen molar-refractivity contribution in [1.29, 1.82) is 0 Å². The number of hydrogen-bond donors (Lipinski definition) is 2. The van der Waals surface area contributed by atoms with Gasteiger partial charge in [-0.05, 0) is 42.0 Å². The van der Waals surface area contributed by atoms with Gasteiger partial charge in [0.05, 0.1) is 0 Å². The van der Waals surface area contributed by atoms with Gasteiger partial charge < -0.3 is 14.8 Å². The van der Waals surface area contributed by atoms with Crippen molar-refractivity contribution in [2.75, 3.05) is 0 Å². The van der Waals surface area contributed by atoms with Crippen LogP contribution in [0.4, 0.5) is 4.39 Å². The van der Waals surface area contributed by atoms with Gasteiger partial charge in [0.15, 0.2) is 5.78 Å². The highest BCUT2D eigenvalue weighted by molar-refractivity contribution is 6.09. The zero-order valence-corrected chi connectivity index (χ0v) is 13.0. The van der Waals surface area contributed by atoms with Crippen LogP contribution in [0.5, 0.6) is 0 Å². The Bertz CT molecular complexity index is 986. The quantitative estimate of drug-likeness (QED) is 0.423. The third-order valence-electron chi connectivity index (χ3n) is 3.81. The summed E-state index contributed by atoms with van der Waals surface area (Å²) in [7, 11) is 0. The molecule has 5 nitrogen and oxygen atoms in total. The van der Waals surface area contributed by atoms with Crippen molar-refractivity contribution in [3.63, 3.8) is 0 Å². The molecule has 1 aromatic heterocycles. The van der Waals surface area contributed by atoms with Gasteiger partial charge >= 0.3 is 5.97 Å². The van der Waals surface area contributed by atoms with Crippen LogP contribution in [-0.2, 0) is 11.3 Å². The van der Waals surface area contributed by atoms with Crippen LogP contribution in [0.3, 0.4) is 0 Å². The first-order valence-corrected chi connectivity index (χ1v) is 7.45. The van der Waals surface area contributed by atoms with E-state index in [1.165, 1.54) is 12.1 Å². The fourth-order valence-electron chi connectivity index (χ4n) is 2.55. The number of aliphatic hydroxyl groups excluding tert-OH is 1. The number of ketones is 1. The molecule has 0 atom stereocenters. The van der Waals surface area contributed by atoms with E-state index in [0.29, 0.717) is 12.6 Å². The molecule has 0 fully saturated rings. The molecule has 0 saturated heterocycles. The zero-order valence-electron chi connectivity index (χ0n) is 13.0. The molecule has 0 saturated carbocycles. The van der Waals surface area contributed by atoms with Gasteiger partial charge in [-0.2, -0.15) is 0 Å². The molecule has 0 radical (unpaired) electrons. The summed E-state index contributed by atoms with van der Waals surface area (Å²) >= 11 is 0. The Hall–Kier alpha value is -3.41. The topological polar surface area (TPSA) is 79.5 Å². The predicted molar refractivity (Wildman–Crippen MR) is 90.1 cm³/mol. The smallest absolute Gasteiger partial charge is 0.371 e. The van der Waals surface area contributed by atoms with Crippen LogP contribution in [0.25, 0.3) is 10.9 Å². The summed E-state index contributed by atoms with van der Waals surface area (Å²) in [6.45, 7) is 0.552. The van der Waals surface area contributed by atoms with Crippen LogP contribution in [0.2, 0.25) is 0 Å². The van der Waals surface area contributed by atoms with Crippen LogP contribution < -0.4 is 0 Å². The Morgan fingerprint density at radius 3 is 2.44 bits per heavy atom. The van der Waals surface area contributed by atoms with Crippen molar-refractivity contribution in [2.24, 2.45) is 0 Å². The van der Waals surface area contributed by atoms with Gasteiger partial charge in [-0.1, -0.05) is 12.1 Å². The second-order valence-electron chi connectivity index (χ2n) is 5.54. The number of benzene rings is 2. The minimum absolute atomic E-state index is 0.278. The standard InChI is InChI=1S/C19H14FNO4/c20-15-4-1-12(2-5-15)11-21-8-7-13-9-14(3-6-16(13)21)17(22)10-18(23)19(24)25/h1-10,23H,11H2,(H,24,25)/b18-10-. The number of halogens is 1. The van der Waals surface area contributed by atoms with Crippen LogP contribution in [-0.4, -0.2) is 26.5 Å². The van der Waals surface area contributed by atoms with Crippen LogP contribution in [0.15, 0.2) is 66.6 Å². The second-order valence-corrected chi connectivity index (χ2v) is 5.54. The monoisotopic (exact) mass is 339 g/mol. The molecule has 0 aliphatic heterocycles. The number of fused-ring (bicyclic) bond motifs is 1. The van der Waals surface area contributed by atoms with Crippen molar-refractivity contribution < 1.29 is 24.2 Å². The lowest BCUT2D eigenvalue weighted by Crippen LogP contribution is -2.04. The summed E-state index contributed by atoms with van der Waals surface area (Å²) in [4.78, 5) is 22.6. The lowest BCUT2D eigenvalue weighted by Gasteiger charge is -2.06. The van der Waals surface area contributed by atoms with Gasteiger partial charge in [-0.3, -0.25) is 4.79 Å². The molecule has 0 aliphatic rings. The largest absolute Gasteiger partial charge is 0.502 e. The maximum absolute atomic E-state index is 13.0. The lowest BCUT2D eigenvalue weighted by molar-refractivity contribution is -0.135. The molecule has 3 rings (SSSR count). The minimum atomic E-state index is -1.56. The SMILES string of the molecule is O=C(O)/C(O)=C/C(=O)c1ccc2c(ccn2Cc2ccc(F)cc2)c1. The number of aliphatic hydroxyl groups is 1. The van der Waals surface area contributed by atoms with E-state index in [4.69, 9.17) is 10.2 Å². The molecule has 6 heteroatoms. The first-order valence-electron chi connectivity index (χ1n) is 7.45. The molecule has 126 valence electrons. The summed E-state index contributed by atoms with van der Waals surface area (Å²) in [5.41, 5.74) is 2.10. The van der Waals surface area contributed by atoms with E-state index in [9.17, 15) is 14.0 Å². The predicted octanol–water partition coefficient (Wildman–Crippen LogP) is 3.54. The van der Waals surface area contributed by atoms with Crippen LogP contribution >= 0.6 is 0 Å². The Balaban J connectivity index is 1.88. The number of nitrogens with zero attached hydrogens (tertiary/aromatic N) is 1. The third kappa shape index (κ3) is 3.58. The number of carboxylic acids is 1. The van der Waals surface area contributed by atoms with E-state index >= 15 is 0 Å². The fourth-order valence-corrected chi connectivity index (χ4v) is 2.55. The molecule has 0 unspecified atom stereocenters. The molecule has 2 N–H and O–H groups in total. The van der Waals surface area contributed by atoms with E-state index in [1.807, 2.05) is 16.8 Å². The van der Waals surface area contributed by atoms with Crippen molar-refractivity contribution >= 4 is 22.7 Å². The number of hydrogen-bond acceptors (Lipinski definition) is 3. The third-order valence-corrected chi connectivity index (χ3v) is 3.81. The highest BCUT2D eigenvalue weighted by Crippen LogP contribution is 2.20. The van der Waals surface area contributed by atoms with E-state index in [0.717, 1.165) is 16.5 Å². The summed E-state index contributed by atoms with van der Waals surface area (Å²) in [6.07, 6.45) is 2.53. The van der Waals surface area contributed by atoms with Gasteiger partial charge in [-0.25, -0.2) is 9.18 Å². The second kappa shape index (κ2) is 6.60. The highest BCUT2D eigenvalue weighted by Gasteiger charge is 2.11. The van der Waals surface area contributed by atoms with Crippen molar-refractivity contribution in [3.05, 3.63) is 83.5 Å². The van der Waals surface area contributed by atoms with Gasteiger partial charge in [0.2, 0.25) is 5.76 Å². The van der Waals surface area contributed by atoms with Gasteiger partial charge in [0.25, 0.3) is 0 Å². The summed E-state index contributed by atoms with van der Waals surface area (Å²) < 4.78 is 14.9. The number of aromatic nitrogens is 1. The van der Waals surface area contributed by atoms with E-state index in [1.54, 1.807) is 30.3 Å². The normalized spacial score (nSPS) is 11.6. The molecular weight excluding hydrogens is 325 g/mol. The van der Waals surface area contributed by atoms with Crippen molar-refractivity contribution in [2.45, 2.75) is 6.54 Å². The maximum atomic E-state index is 13.0. The maximum Gasteiger partial charge on any atom is 0.371 e. The van der Waals surface area contributed by atoms with Crippen LogP contribution in [0, 0.1) is 5.82 Å². The lowest BCUT2D eigenvalue weighted by atomic mass is 10.1. The molecule has 2 aromatic carbocycles. The van der Waals surface area contributed by atoms with E-state index < -0.39 is 17.5 Å². The summed E-state index contributed by atoms with van der Waals surface area (Å²) in [6, 6.07) is 13.0. The first-order chi connectivity index (χ1) is 11.9. The average molecular weight is 339 g/mol. The summed E-state index contributed by atoms with van der Waals surface area (Å²) in [5.74, 6) is -3.44. The van der Waals surface area contributed by atoms with Gasteiger partial charge in [0.1, 0.15) is 5.82 Å². The van der Waals surface area contributed by atoms with Gasteiger partial charge in [0, 0.05) is 35.3 Å². The Morgan fingerprint density at radius 2 is 1.76 bits per heavy atom. The number of carboxylic acid groups (broad SMARTS) is 1. The average Bonchev–Trinajstić information content (AvgIpc) is 2.99. The Morgan fingerprint density at radius 1 is 1.04 bits per heavy atom. The minimum Gasteiger partial charge on any atom is -0.502 e. The highest BCUT2D eigenvalue weighted by atomic mass is 19.1. The number of rotatable bonds is 5. The number of allylic oxidation sites excluding steroid dienone is 1. The molecular formula is C19H14FNO4. The first kappa shape index (κ1) is 16.4. The summed E-state index contributed by atoms with van der Waals surface area (Å²) in [5, 5.41) is 18.6. The molecule has 3 aromatic rings. The Labute approximate surface area is 142 Å². The van der Waals surface area contributed by atoms with Crippen molar-refractivity contribution in [1.82, 2.24) is 4.57 Å². The van der Waals surface area contributed by atoms with Crippen LogP contribution in [0.1, 0.15) is 15.9 Å². The molecule has 25 heavy (non-hydrogen) atoms. The van der Waals surface area contributed by atoms with E-state index in [2.05, 4.69) is 0 Å². The Kier molecular flexibility index (Phi) is 4.35. The zero-order chi connectivity index (χ0) is 18.0. The number of aliphatic carboxylic acids is 1. The van der Waals surface area contributed by atoms with E-state index in [-0.39, 0.29) is 11.4 Å². The molecule has 0 bridgehead atoms. The van der Waals surface area contributed by atoms with Gasteiger partial charge in [-0.15, -0.1) is 0 Å². The molecule has 0 amide bonds. The molecule has 1 heterocycles. The molecule has 0 spiro atoms.